The first kappa shape index (κ1) is 5.96. The van der Waals surface area contributed by atoms with Crippen molar-refractivity contribution in [3.05, 3.63) is 12.2 Å². The first-order valence-electron chi connectivity index (χ1n) is 3.86. The van der Waals surface area contributed by atoms with E-state index >= 15 is 0 Å². The maximum Gasteiger partial charge on any atom is 0.0826 e. The molecule has 2 aliphatic rings. The standard InChI is InChI=1S/C8H12N2/c1-2-4-8-7(3-1)5-9-6-10-8/h1-2,6-8H,3-5H2,(H,9,10). The number of rotatable bonds is 0. The van der Waals surface area contributed by atoms with E-state index in [0.717, 1.165) is 12.5 Å². The first-order chi connectivity index (χ1) is 4.97. The van der Waals surface area contributed by atoms with Crippen molar-refractivity contribution in [2.75, 3.05) is 6.54 Å². The van der Waals surface area contributed by atoms with Gasteiger partial charge in [0.2, 0.25) is 0 Å². The lowest BCUT2D eigenvalue weighted by molar-refractivity contribution is 0.379. The van der Waals surface area contributed by atoms with E-state index in [1.54, 1.807) is 0 Å². The fourth-order valence-corrected chi connectivity index (χ4v) is 1.61. The molecule has 0 saturated carbocycles. The minimum atomic E-state index is 0.669. The summed E-state index contributed by atoms with van der Waals surface area (Å²) in [5, 5.41) is 3.28. The molecule has 0 radical (unpaired) electrons. The van der Waals surface area contributed by atoms with Crippen molar-refractivity contribution in [2.24, 2.45) is 10.9 Å². The maximum absolute atomic E-state index is 4.19. The first-order valence-corrected chi connectivity index (χ1v) is 3.86. The van der Waals surface area contributed by atoms with E-state index in [4.69, 9.17) is 0 Å². The molecule has 1 heterocycles. The zero-order chi connectivity index (χ0) is 6.81. The highest BCUT2D eigenvalue weighted by Gasteiger charge is 2.22. The molecule has 0 bridgehead atoms. The lowest BCUT2D eigenvalue weighted by Gasteiger charge is -2.30. The van der Waals surface area contributed by atoms with E-state index in [2.05, 4.69) is 22.5 Å². The zero-order valence-electron chi connectivity index (χ0n) is 5.96. The molecule has 10 heavy (non-hydrogen) atoms. The molecule has 2 atom stereocenters. The Morgan fingerprint density at radius 2 is 2.20 bits per heavy atom. The van der Waals surface area contributed by atoms with Crippen LogP contribution in [0.4, 0.5) is 0 Å². The second kappa shape index (κ2) is 2.45. The number of fused-ring (bicyclic) bond motifs is 1. The van der Waals surface area contributed by atoms with Crippen LogP contribution in [0.1, 0.15) is 12.8 Å². The van der Waals surface area contributed by atoms with Gasteiger partial charge in [-0.05, 0) is 12.8 Å². The van der Waals surface area contributed by atoms with E-state index in [-0.39, 0.29) is 0 Å². The lowest BCUT2D eigenvalue weighted by Crippen LogP contribution is -2.41. The summed E-state index contributed by atoms with van der Waals surface area (Å²) in [5.41, 5.74) is 0. The minimum absolute atomic E-state index is 0.669. The number of aliphatic imine (C=N–C) groups is 1. The van der Waals surface area contributed by atoms with Crippen LogP contribution in [0.25, 0.3) is 0 Å². The van der Waals surface area contributed by atoms with E-state index in [1.807, 2.05) is 6.34 Å². The molecular formula is C8H12N2. The molecule has 0 aromatic heterocycles. The van der Waals surface area contributed by atoms with Crippen LogP contribution in [-0.2, 0) is 0 Å². The number of nitrogens with one attached hydrogen (secondary N) is 1. The van der Waals surface area contributed by atoms with Crippen molar-refractivity contribution < 1.29 is 0 Å². The molecule has 54 valence electrons. The quantitative estimate of drug-likeness (QED) is 0.493. The predicted molar refractivity (Wildman–Crippen MR) is 42.1 cm³/mol. The van der Waals surface area contributed by atoms with Crippen LogP contribution in [0, 0.1) is 5.92 Å². The molecule has 0 saturated heterocycles. The Morgan fingerprint density at radius 3 is 3.10 bits per heavy atom. The predicted octanol–water partition coefficient (Wildman–Crippen LogP) is 0.953. The monoisotopic (exact) mass is 136 g/mol. The molecule has 2 unspecified atom stereocenters. The van der Waals surface area contributed by atoms with Crippen LogP contribution in [0.15, 0.2) is 17.1 Å². The van der Waals surface area contributed by atoms with Gasteiger partial charge in [-0.3, -0.25) is 4.99 Å². The van der Waals surface area contributed by atoms with Crippen LogP contribution in [0.2, 0.25) is 0 Å². The van der Waals surface area contributed by atoms with Crippen LogP contribution in [0.3, 0.4) is 0 Å². The summed E-state index contributed by atoms with van der Waals surface area (Å²) >= 11 is 0. The van der Waals surface area contributed by atoms with Gasteiger partial charge >= 0.3 is 0 Å². The average Bonchev–Trinajstić information content (AvgIpc) is 2.05. The highest BCUT2D eigenvalue weighted by atomic mass is 15.0. The van der Waals surface area contributed by atoms with Gasteiger partial charge in [0.1, 0.15) is 0 Å². The Morgan fingerprint density at radius 1 is 1.30 bits per heavy atom. The largest absolute Gasteiger partial charge is 0.373 e. The third kappa shape index (κ3) is 0.939. The van der Waals surface area contributed by atoms with E-state index in [1.165, 1.54) is 12.8 Å². The number of nitrogens with zero attached hydrogens (tertiary/aromatic N) is 1. The van der Waals surface area contributed by atoms with E-state index in [9.17, 15) is 0 Å². The average molecular weight is 136 g/mol. The van der Waals surface area contributed by atoms with Crippen molar-refractivity contribution in [1.29, 1.82) is 0 Å². The van der Waals surface area contributed by atoms with Crippen LogP contribution < -0.4 is 5.32 Å². The fourth-order valence-electron chi connectivity index (χ4n) is 1.61. The smallest absolute Gasteiger partial charge is 0.0826 e. The van der Waals surface area contributed by atoms with Gasteiger partial charge in [-0.15, -0.1) is 0 Å². The van der Waals surface area contributed by atoms with Crippen LogP contribution >= 0.6 is 0 Å². The molecule has 2 nitrogen and oxygen atoms in total. The molecular weight excluding hydrogens is 124 g/mol. The molecule has 1 N–H and O–H groups in total. The molecule has 0 aromatic carbocycles. The summed E-state index contributed by atoms with van der Waals surface area (Å²) in [5.74, 6) is 0.759. The second-order valence-electron chi connectivity index (χ2n) is 2.97. The molecule has 2 rings (SSSR count). The highest BCUT2D eigenvalue weighted by Crippen LogP contribution is 2.20. The maximum atomic E-state index is 4.19. The summed E-state index contributed by atoms with van der Waals surface area (Å²) in [4.78, 5) is 4.19. The summed E-state index contributed by atoms with van der Waals surface area (Å²) in [7, 11) is 0. The number of hydrogen-bond donors (Lipinski definition) is 1. The molecule has 1 aliphatic heterocycles. The van der Waals surface area contributed by atoms with Crippen molar-refractivity contribution in [3.63, 3.8) is 0 Å². The molecule has 1 aliphatic carbocycles. The normalized spacial score (nSPS) is 36.8. The van der Waals surface area contributed by atoms with Crippen molar-refractivity contribution >= 4 is 6.34 Å². The van der Waals surface area contributed by atoms with Gasteiger partial charge in [-0.1, -0.05) is 12.2 Å². The molecule has 0 spiro atoms. The van der Waals surface area contributed by atoms with Gasteiger partial charge in [0, 0.05) is 18.5 Å². The lowest BCUT2D eigenvalue weighted by atomic mass is 9.88. The van der Waals surface area contributed by atoms with Crippen LogP contribution in [0.5, 0.6) is 0 Å². The number of hydrogen-bond acceptors (Lipinski definition) is 2. The Balaban J connectivity index is 2.09. The summed E-state index contributed by atoms with van der Waals surface area (Å²) < 4.78 is 0. The Labute approximate surface area is 61.0 Å². The van der Waals surface area contributed by atoms with Crippen molar-refractivity contribution in [1.82, 2.24) is 5.32 Å². The van der Waals surface area contributed by atoms with Gasteiger partial charge < -0.3 is 5.32 Å². The van der Waals surface area contributed by atoms with Gasteiger partial charge in [-0.2, -0.15) is 0 Å². The Bertz CT molecular complexity index is 136. The second-order valence-corrected chi connectivity index (χ2v) is 2.97. The van der Waals surface area contributed by atoms with Gasteiger partial charge in [0.05, 0.1) is 6.34 Å². The third-order valence-electron chi connectivity index (χ3n) is 2.28. The number of allylic oxidation sites excluding steroid dienone is 1. The third-order valence-corrected chi connectivity index (χ3v) is 2.28. The highest BCUT2D eigenvalue weighted by molar-refractivity contribution is 5.56. The SMILES string of the molecule is C1=CCC2NC=NCC2C1. The van der Waals surface area contributed by atoms with Gasteiger partial charge in [0.25, 0.3) is 0 Å². The van der Waals surface area contributed by atoms with Gasteiger partial charge in [-0.25, -0.2) is 0 Å². The fraction of sp³-hybridized carbons (Fsp3) is 0.625. The minimum Gasteiger partial charge on any atom is -0.373 e. The van der Waals surface area contributed by atoms with Gasteiger partial charge in [0.15, 0.2) is 0 Å². The Hall–Kier alpha value is -0.790. The van der Waals surface area contributed by atoms with Crippen LogP contribution in [-0.4, -0.2) is 18.9 Å². The summed E-state index contributed by atoms with van der Waals surface area (Å²) in [6.07, 6.45) is 8.75. The molecule has 0 fully saturated rings. The van der Waals surface area contributed by atoms with E-state index < -0.39 is 0 Å². The zero-order valence-corrected chi connectivity index (χ0v) is 5.96. The Kier molecular flexibility index (Phi) is 1.46. The summed E-state index contributed by atoms with van der Waals surface area (Å²) in [6, 6.07) is 0.669. The molecule has 0 amide bonds. The topological polar surface area (TPSA) is 24.4 Å². The van der Waals surface area contributed by atoms with Crippen molar-refractivity contribution in [3.8, 4) is 0 Å². The molecule has 2 heteroatoms. The molecule has 0 aromatic rings. The van der Waals surface area contributed by atoms with E-state index in [0.29, 0.717) is 6.04 Å². The van der Waals surface area contributed by atoms with Crippen molar-refractivity contribution in [2.45, 2.75) is 18.9 Å². The summed E-state index contributed by atoms with van der Waals surface area (Å²) in [6.45, 7) is 1.02.